The monoisotopic (exact) mass is 551 g/mol. The van der Waals surface area contributed by atoms with E-state index >= 15 is 0 Å². The molecule has 3 N–H and O–H groups in total. The summed E-state index contributed by atoms with van der Waals surface area (Å²) in [5, 5.41) is 9.35. The molecule has 3 aromatic rings. The van der Waals surface area contributed by atoms with Crippen molar-refractivity contribution in [3.05, 3.63) is 101 Å². The van der Waals surface area contributed by atoms with E-state index in [0.29, 0.717) is 27.8 Å². The van der Waals surface area contributed by atoms with Crippen molar-refractivity contribution >= 4 is 23.9 Å². The molecule has 10 heteroatoms. The Morgan fingerprint density at radius 2 is 1.82 bits per heavy atom. The average Bonchev–Trinajstić information content (AvgIpc) is 3.20. The first-order valence-electron chi connectivity index (χ1n) is 12.4. The van der Waals surface area contributed by atoms with Gasteiger partial charge in [-0.2, -0.15) is 13.2 Å². The van der Waals surface area contributed by atoms with Crippen molar-refractivity contribution in [2.45, 2.75) is 38.2 Å². The van der Waals surface area contributed by atoms with Crippen LogP contribution < -0.4 is 5.73 Å². The fourth-order valence-electron chi connectivity index (χ4n) is 4.84. The summed E-state index contributed by atoms with van der Waals surface area (Å²) in [5.41, 5.74) is 8.29. The smallest absolute Gasteiger partial charge is 0.416 e. The molecule has 0 unspecified atom stereocenters. The summed E-state index contributed by atoms with van der Waals surface area (Å²) in [6.07, 6.45) is -3.33. The van der Waals surface area contributed by atoms with Crippen LogP contribution >= 0.6 is 0 Å². The summed E-state index contributed by atoms with van der Waals surface area (Å²) >= 11 is 0. The van der Waals surface area contributed by atoms with Crippen LogP contribution in [0.5, 0.6) is 0 Å². The predicted octanol–water partition coefficient (Wildman–Crippen LogP) is 6.08. The van der Waals surface area contributed by atoms with Crippen LogP contribution in [-0.2, 0) is 28.7 Å². The molecule has 4 rings (SSSR count). The normalized spacial score (nSPS) is 17.9. The van der Waals surface area contributed by atoms with E-state index in [2.05, 4.69) is 4.99 Å². The minimum atomic E-state index is -4.62. The van der Waals surface area contributed by atoms with E-state index in [1.165, 1.54) is 23.4 Å². The molecule has 7 nitrogen and oxygen atoms in total. The van der Waals surface area contributed by atoms with Crippen LogP contribution in [0.15, 0.2) is 77.9 Å². The first-order chi connectivity index (χ1) is 19.0. The fourth-order valence-corrected chi connectivity index (χ4v) is 4.84. The maximum atomic E-state index is 13.8. The molecule has 3 aromatic carbocycles. The van der Waals surface area contributed by atoms with Crippen LogP contribution in [0.25, 0.3) is 16.7 Å². The largest absolute Gasteiger partial charge is 0.481 e. The number of cyclic esters (lactones) is 1. The number of carbonyl (C=O) groups is 2. The van der Waals surface area contributed by atoms with E-state index in [0.717, 1.165) is 17.7 Å². The minimum Gasteiger partial charge on any atom is -0.481 e. The second-order valence-electron chi connectivity index (χ2n) is 9.41. The van der Waals surface area contributed by atoms with Crippen molar-refractivity contribution in [2.75, 3.05) is 7.05 Å². The molecule has 0 spiro atoms. The Kier molecular flexibility index (Phi) is 8.27. The van der Waals surface area contributed by atoms with Crippen LogP contribution in [-0.4, -0.2) is 41.4 Å². The second kappa shape index (κ2) is 11.6. The highest BCUT2D eigenvalue weighted by molar-refractivity contribution is 6.12. The number of benzene rings is 3. The minimum absolute atomic E-state index is 0.172. The number of aliphatic imine (C=N–C) groups is 1. The number of carboxylic acid groups (broad SMARTS) is 1. The standard InChI is InChI=1S/C30H28F3N3O4/c1-18-28(20-6-4-3-5-7-20)40-29(39)36(18)17-21-14-23(30(31,32)33)9-11-24(21)26-12-19(13-27(37)38)8-10-25(26)22(15-34)16-35-2/h3-12,14-16,18,28H,13,17,34H2,1-2H3,(H,37,38)/t18-,28-/m0/s1. The Morgan fingerprint density at radius 3 is 2.45 bits per heavy atom. The van der Waals surface area contributed by atoms with Gasteiger partial charge in [-0.25, -0.2) is 4.79 Å². The first kappa shape index (κ1) is 28.4. The summed E-state index contributed by atoms with van der Waals surface area (Å²) in [6, 6.07) is 16.8. The van der Waals surface area contributed by atoms with Gasteiger partial charge in [0.05, 0.1) is 24.6 Å². The Labute approximate surface area is 229 Å². The number of halogens is 3. The fraction of sp³-hybridized carbons (Fsp3) is 0.233. The van der Waals surface area contributed by atoms with Crippen LogP contribution in [0.3, 0.4) is 0 Å². The molecule has 0 aromatic heterocycles. The molecule has 0 saturated carbocycles. The van der Waals surface area contributed by atoms with Crippen molar-refractivity contribution in [3.63, 3.8) is 0 Å². The van der Waals surface area contributed by atoms with Crippen molar-refractivity contribution in [1.82, 2.24) is 4.90 Å². The molecule has 40 heavy (non-hydrogen) atoms. The topological polar surface area (TPSA) is 105 Å². The van der Waals surface area contributed by atoms with Gasteiger partial charge in [0.1, 0.15) is 6.10 Å². The number of nitrogens with two attached hydrogens (primary N) is 1. The number of allylic oxidation sites excluding steroid dienone is 1. The van der Waals surface area contributed by atoms with Gasteiger partial charge in [-0.3, -0.25) is 14.7 Å². The summed E-state index contributed by atoms with van der Waals surface area (Å²) in [4.78, 5) is 29.8. The number of ether oxygens (including phenoxy) is 1. The van der Waals surface area contributed by atoms with Gasteiger partial charge in [0.2, 0.25) is 0 Å². The number of aliphatic carboxylic acids is 1. The van der Waals surface area contributed by atoms with Crippen molar-refractivity contribution < 1.29 is 32.6 Å². The Hall–Kier alpha value is -4.60. The average molecular weight is 552 g/mol. The summed E-state index contributed by atoms with van der Waals surface area (Å²) in [6.45, 7) is 1.61. The lowest BCUT2D eigenvalue weighted by molar-refractivity contribution is -0.138. The molecular formula is C30H28F3N3O4. The van der Waals surface area contributed by atoms with E-state index in [9.17, 15) is 27.9 Å². The van der Waals surface area contributed by atoms with Crippen LogP contribution in [0.4, 0.5) is 18.0 Å². The molecule has 1 heterocycles. The van der Waals surface area contributed by atoms with Crippen molar-refractivity contribution in [1.29, 1.82) is 0 Å². The Balaban J connectivity index is 1.86. The Bertz CT molecular complexity index is 1470. The zero-order valence-corrected chi connectivity index (χ0v) is 21.9. The number of rotatable bonds is 8. The van der Waals surface area contributed by atoms with Gasteiger partial charge in [0.15, 0.2) is 0 Å². The second-order valence-corrected chi connectivity index (χ2v) is 9.41. The van der Waals surface area contributed by atoms with Gasteiger partial charge in [-0.15, -0.1) is 0 Å². The van der Waals surface area contributed by atoms with E-state index in [1.54, 1.807) is 32.2 Å². The van der Waals surface area contributed by atoms with E-state index in [4.69, 9.17) is 10.5 Å². The number of carboxylic acids is 1. The van der Waals surface area contributed by atoms with Gasteiger partial charge in [-0.1, -0.05) is 48.5 Å². The van der Waals surface area contributed by atoms with Gasteiger partial charge in [0, 0.05) is 25.0 Å². The number of hydrogen-bond donors (Lipinski definition) is 2. The van der Waals surface area contributed by atoms with Crippen LogP contribution in [0.1, 0.15) is 40.8 Å². The van der Waals surface area contributed by atoms with Crippen molar-refractivity contribution in [2.24, 2.45) is 10.7 Å². The zero-order chi connectivity index (χ0) is 29.0. The quantitative estimate of drug-likeness (QED) is 0.330. The Morgan fingerprint density at radius 1 is 1.10 bits per heavy atom. The zero-order valence-electron chi connectivity index (χ0n) is 21.9. The molecule has 0 aliphatic carbocycles. The number of nitrogens with zero attached hydrogens (tertiary/aromatic N) is 2. The molecule has 0 radical (unpaired) electrons. The molecule has 0 bridgehead atoms. The van der Waals surface area contributed by atoms with Gasteiger partial charge < -0.3 is 15.6 Å². The third-order valence-electron chi connectivity index (χ3n) is 6.78. The lowest BCUT2D eigenvalue weighted by Crippen LogP contribution is -2.31. The van der Waals surface area contributed by atoms with E-state index in [1.807, 2.05) is 30.3 Å². The van der Waals surface area contributed by atoms with E-state index < -0.39 is 35.9 Å². The van der Waals surface area contributed by atoms with Crippen LogP contribution in [0, 0.1) is 0 Å². The number of hydrogen-bond acceptors (Lipinski definition) is 5. The molecule has 1 fully saturated rings. The molecule has 2 atom stereocenters. The molecular weight excluding hydrogens is 523 g/mol. The predicted molar refractivity (Wildman–Crippen MR) is 145 cm³/mol. The molecule has 1 saturated heterocycles. The highest BCUT2D eigenvalue weighted by Gasteiger charge is 2.40. The van der Waals surface area contributed by atoms with Crippen LogP contribution in [0.2, 0.25) is 0 Å². The SMILES string of the molecule is CN=CC(=CN)c1ccc(CC(=O)O)cc1-c1ccc(C(F)(F)F)cc1CN1C(=O)O[C@H](c2ccccc2)[C@@H]1C. The first-order valence-corrected chi connectivity index (χ1v) is 12.4. The highest BCUT2D eigenvalue weighted by Crippen LogP contribution is 2.39. The van der Waals surface area contributed by atoms with E-state index in [-0.39, 0.29) is 18.5 Å². The molecule has 1 aliphatic heterocycles. The number of carbonyl (C=O) groups excluding carboxylic acids is 1. The molecule has 1 aliphatic rings. The molecule has 208 valence electrons. The third-order valence-corrected chi connectivity index (χ3v) is 6.78. The maximum Gasteiger partial charge on any atom is 0.416 e. The van der Waals surface area contributed by atoms with Gasteiger partial charge in [0.25, 0.3) is 0 Å². The third kappa shape index (κ3) is 6.01. The summed E-state index contributed by atoms with van der Waals surface area (Å²) in [7, 11) is 1.55. The van der Waals surface area contributed by atoms with Gasteiger partial charge in [-0.05, 0) is 58.5 Å². The molecule has 1 amide bonds. The van der Waals surface area contributed by atoms with Crippen molar-refractivity contribution in [3.8, 4) is 11.1 Å². The maximum absolute atomic E-state index is 13.8. The highest BCUT2D eigenvalue weighted by atomic mass is 19.4. The lowest BCUT2D eigenvalue weighted by Gasteiger charge is -2.24. The van der Waals surface area contributed by atoms with Gasteiger partial charge >= 0.3 is 18.2 Å². The lowest BCUT2D eigenvalue weighted by atomic mass is 9.89. The number of alkyl halides is 3. The summed E-state index contributed by atoms with van der Waals surface area (Å²) in [5.74, 6) is -1.06. The summed E-state index contributed by atoms with van der Waals surface area (Å²) < 4.78 is 47.0. The number of amides is 1.